The number of hydrogen-bond acceptors (Lipinski definition) is 7. The summed E-state index contributed by atoms with van der Waals surface area (Å²) in [5.41, 5.74) is 1.20. The van der Waals surface area contributed by atoms with E-state index in [2.05, 4.69) is 10.1 Å². The lowest BCUT2D eigenvalue weighted by molar-refractivity contribution is -0.384. The van der Waals surface area contributed by atoms with Crippen molar-refractivity contribution >= 4 is 45.5 Å². The fraction of sp³-hybridized carbons (Fsp3) is 0.304. The van der Waals surface area contributed by atoms with Gasteiger partial charge < -0.3 is 9.30 Å². The second-order valence-corrected chi connectivity index (χ2v) is 9.20. The predicted octanol–water partition coefficient (Wildman–Crippen LogP) is 4.59. The summed E-state index contributed by atoms with van der Waals surface area (Å²) in [6, 6.07) is 7.88. The van der Waals surface area contributed by atoms with Crippen molar-refractivity contribution < 1.29 is 14.5 Å². The molecule has 1 fully saturated rings. The van der Waals surface area contributed by atoms with Gasteiger partial charge in [-0.3, -0.25) is 20.3 Å². The number of nitrogens with zero attached hydrogens (tertiary/aromatic N) is 5. The smallest absolute Gasteiger partial charge is 0.283 e. The molecule has 34 heavy (non-hydrogen) atoms. The number of nitrogens with one attached hydrogen (secondary N) is 1. The Morgan fingerprint density at radius 1 is 1.26 bits per heavy atom. The fourth-order valence-electron chi connectivity index (χ4n) is 4.38. The lowest BCUT2D eigenvalue weighted by atomic mass is 9.90. The number of fused-ring (bicyclic) bond motifs is 1. The average Bonchev–Trinajstić information content (AvgIpc) is 3.49. The van der Waals surface area contributed by atoms with Gasteiger partial charge in [0.05, 0.1) is 29.4 Å². The molecule has 2 aromatic rings. The van der Waals surface area contributed by atoms with Gasteiger partial charge in [0.25, 0.3) is 11.6 Å². The van der Waals surface area contributed by atoms with Gasteiger partial charge in [0.15, 0.2) is 5.84 Å². The number of aromatic nitrogens is 1. The summed E-state index contributed by atoms with van der Waals surface area (Å²) in [6.07, 6.45) is 9.06. The van der Waals surface area contributed by atoms with Crippen molar-refractivity contribution in [2.24, 2.45) is 16.0 Å². The lowest BCUT2D eigenvalue weighted by Gasteiger charge is -2.20. The number of nitro groups is 1. The first kappa shape index (κ1) is 22.1. The maximum Gasteiger partial charge on any atom is 0.283 e. The van der Waals surface area contributed by atoms with Gasteiger partial charge >= 0.3 is 0 Å². The van der Waals surface area contributed by atoms with Gasteiger partial charge in [-0.25, -0.2) is 0 Å². The second-order valence-electron chi connectivity index (χ2n) is 8.21. The second kappa shape index (κ2) is 8.90. The summed E-state index contributed by atoms with van der Waals surface area (Å²) >= 11 is 1.39. The van der Waals surface area contributed by atoms with Crippen LogP contribution >= 0.6 is 11.8 Å². The molecule has 1 aromatic carbocycles. The third kappa shape index (κ3) is 3.92. The zero-order valence-corrected chi connectivity index (χ0v) is 19.2. The molecule has 10 nitrogen and oxygen atoms in total. The minimum atomic E-state index is -0.493. The number of hydrogen-bond donors (Lipinski definition) is 1. The normalized spacial score (nSPS) is 19.8. The summed E-state index contributed by atoms with van der Waals surface area (Å²) in [5, 5.41) is 27.2. The summed E-state index contributed by atoms with van der Waals surface area (Å²) in [5.74, 6) is 0.159. The van der Waals surface area contributed by atoms with Gasteiger partial charge in [0.2, 0.25) is 5.17 Å². The molecule has 1 N–H and O–H groups in total. The van der Waals surface area contributed by atoms with E-state index in [1.54, 1.807) is 35.0 Å². The molecule has 0 bridgehead atoms. The Balaban J connectivity index is 1.48. The number of benzene rings is 1. The number of carbonyl (C=O) groups is 1. The van der Waals surface area contributed by atoms with Crippen LogP contribution in [0.5, 0.6) is 5.75 Å². The van der Waals surface area contributed by atoms with E-state index in [0.29, 0.717) is 28.2 Å². The number of non-ortho nitro benzene ring substituents is 1. The molecule has 3 aliphatic rings. The quantitative estimate of drug-likeness (QED) is 0.380. The standard InChI is InChI=1S/C23H22N6O4S/c1-33-19-13-16(29(31)32)9-10-18(19)27-11-5-8-15(27)12-17-20(24)28-23(25-21(17)30)34-22(26-28)14-6-3-2-4-7-14/h5,8-14,24H,2-4,6-7H2,1H3/b17-12+,24-20?. The third-order valence-electron chi connectivity index (χ3n) is 6.13. The van der Waals surface area contributed by atoms with E-state index in [9.17, 15) is 14.9 Å². The zero-order valence-electron chi connectivity index (χ0n) is 18.4. The number of thioether (sulfide) groups is 1. The molecule has 0 unspecified atom stereocenters. The van der Waals surface area contributed by atoms with E-state index in [1.807, 2.05) is 0 Å². The highest BCUT2D eigenvalue weighted by molar-refractivity contribution is 8.27. The lowest BCUT2D eigenvalue weighted by Crippen LogP contribution is -2.35. The Kier molecular flexibility index (Phi) is 5.78. The molecule has 5 rings (SSSR count). The van der Waals surface area contributed by atoms with Crippen LogP contribution in [0, 0.1) is 21.4 Å². The Labute approximate surface area is 199 Å². The molecular formula is C23H22N6O4S. The summed E-state index contributed by atoms with van der Waals surface area (Å²) in [4.78, 5) is 27.7. The van der Waals surface area contributed by atoms with E-state index in [0.717, 1.165) is 17.9 Å². The van der Waals surface area contributed by atoms with Crippen LogP contribution in [0.2, 0.25) is 0 Å². The SMILES string of the molecule is COc1cc([N+](=O)[O-])ccc1-n1cccc1/C=C1\C(=N)N2N=C(C3CCCCC3)SC2=NC1=O. The van der Waals surface area contributed by atoms with Crippen LogP contribution < -0.4 is 4.74 Å². The first-order valence-electron chi connectivity index (χ1n) is 11.0. The number of carbonyl (C=O) groups excluding carboxylic acids is 1. The number of ether oxygens (including phenoxy) is 1. The van der Waals surface area contributed by atoms with Crippen LogP contribution in [-0.4, -0.2) is 43.6 Å². The molecule has 1 amide bonds. The predicted molar refractivity (Wildman–Crippen MR) is 131 cm³/mol. The van der Waals surface area contributed by atoms with E-state index < -0.39 is 10.8 Å². The van der Waals surface area contributed by atoms with E-state index in [-0.39, 0.29) is 17.1 Å². The van der Waals surface area contributed by atoms with E-state index >= 15 is 0 Å². The molecule has 0 radical (unpaired) electrons. The maximum absolute atomic E-state index is 12.9. The molecular weight excluding hydrogens is 456 g/mol. The Hall–Kier alpha value is -3.73. The molecule has 0 saturated heterocycles. The first-order valence-corrected chi connectivity index (χ1v) is 11.8. The number of nitro benzene ring substituents is 1. The zero-order chi connectivity index (χ0) is 23.8. The van der Waals surface area contributed by atoms with Crippen LogP contribution in [0.1, 0.15) is 37.8 Å². The molecule has 0 atom stereocenters. The maximum atomic E-state index is 12.9. The van der Waals surface area contributed by atoms with Crippen molar-refractivity contribution in [3.8, 4) is 11.4 Å². The van der Waals surface area contributed by atoms with Gasteiger partial charge in [-0.05, 0) is 48.9 Å². The topological polar surface area (TPSA) is 126 Å². The molecule has 3 heterocycles. The molecule has 1 aliphatic carbocycles. The first-order chi connectivity index (χ1) is 16.5. The summed E-state index contributed by atoms with van der Waals surface area (Å²) in [6.45, 7) is 0. The van der Waals surface area contributed by atoms with Crippen molar-refractivity contribution in [2.75, 3.05) is 7.11 Å². The van der Waals surface area contributed by atoms with Gasteiger partial charge in [-0.2, -0.15) is 15.1 Å². The van der Waals surface area contributed by atoms with E-state index in [4.69, 9.17) is 10.1 Å². The van der Waals surface area contributed by atoms with Crippen molar-refractivity contribution in [1.29, 1.82) is 5.41 Å². The third-order valence-corrected chi connectivity index (χ3v) is 7.20. The largest absolute Gasteiger partial charge is 0.494 e. The molecule has 1 saturated carbocycles. The summed E-state index contributed by atoms with van der Waals surface area (Å²) in [7, 11) is 1.44. The van der Waals surface area contributed by atoms with Crippen molar-refractivity contribution in [3.05, 3.63) is 57.9 Å². The van der Waals surface area contributed by atoms with Crippen LogP contribution in [0.15, 0.2) is 52.2 Å². The number of hydrazone groups is 1. The number of aliphatic imine (C=N–C) groups is 1. The molecule has 1 aromatic heterocycles. The number of rotatable bonds is 5. The van der Waals surface area contributed by atoms with Crippen molar-refractivity contribution in [3.63, 3.8) is 0 Å². The molecule has 0 spiro atoms. The van der Waals surface area contributed by atoms with Crippen LogP contribution in [-0.2, 0) is 4.79 Å². The number of amidine groups is 2. The van der Waals surface area contributed by atoms with Gasteiger partial charge in [0, 0.05) is 23.9 Å². The Bertz CT molecular complexity index is 1290. The Morgan fingerprint density at radius 3 is 2.79 bits per heavy atom. The summed E-state index contributed by atoms with van der Waals surface area (Å²) < 4.78 is 7.11. The Morgan fingerprint density at radius 2 is 2.06 bits per heavy atom. The molecule has 2 aliphatic heterocycles. The monoisotopic (exact) mass is 478 g/mol. The fourth-order valence-corrected chi connectivity index (χ4v) is 5.44. The highest BCUT2D eigenvalue weighted by Crippen LogP contribution is 2.36. The highest BCUT2D eigenvalue weighted by Gasteiger charge is 2.38. The minimum Gasteiger partial charge on any atom is -0.494 e. The van der Waals surface area contributed by atoms with Gasteiger partial charge in [-0.1, -0.05) is 19.3 Å². The molecule has 11 heteroatoms. The van der Waals surface area contributed by atoms with Crippen LogP contribution in [0.4, 0.5) is 5.69 Å². The number of amides is 1. The van der Waals surface area contributed by atoms with Crippen molar-refractivity contribution in [2.45, 2.75) is 32.1 Å². The minimum absolute atomic E-state index is 0.0169. The van der Waals surface area contributed by atoms with E-state index in [1.165, 1.54) is 55.3 Å². The van der Waals surface area contributed by atoms with Gasteiger partial charge in [0.1, 0.15) is 10.8 Å². The highest BCUT2D eigenvalue weighted by atomic mass is 32.2. The van der Waals surface area contributed by atoms with Crippen LogP contribution in [0.3, 0.4) is 0 Å². The average molecular weight is 479 g/mol. The van der Waals surface area contributed by atoms with Gasteiger partial charge in [-0.15, -0.1) is 0 Å². The molecule has 174 valence electrons. The number of methoxy groups -OCH3 is 1. The van der Waals surface area contributed by atoms with Crippen LogP contribution in [0.25, 0.3) is 11.8 Å². The van der Waals surface area contributed by atoms with Crippen molar-refractivity contribution in [1.82, 2.24) is 9.58 Å².